The number of aromatic nitrogens is 1. The van der Waals surface area contributed by atoms with Gasteiger partial charge in [0.15, 0.2) is 5.78 Å². The van der Waals surface area contributed by atoms with Crippen molar-refractivity contribution in [3.63, 3.8) is 0 Å². The van der Waals surface area contributed by atoms with E-state index in [9.17, 15) is 14.7 Å². The Labute approximate surface area is 168 Å². The van der Waals surface area contributed by atoms with Gasteiger partial charge in [0.1, 0.15) is 0 Å². The number of carbonyl (C=O) groups excluding carboxylic acids is 1. The number of rotatable bonds is 3. The molecular formula is C23H20ClNO3. The van der Waals surface area contributed by atoms with Crippen molar-refractivity contribution < 1.29 is 14.7 Å². The van der Waals surface area contributed by atoms with Gasteiger partial charge in [-0.05, 0) is 41.7 Å². The van der Waals surface area contributed by atoms with Gasteiger partial charge in [-0.1, -0.05) is 55.8 Å². The highest BCUT2D eigenvalue weighted by atomic mass is 35.5. The largest absolute Gasteiger partial charge is 0.478 e. The molecule has 0 bridgehead atoms. The minimum Gasteiger partial charge on any atom is -0.478 e. The Balaban J connectivity index is 2.02. The minimum absolute atomic E-state index is 0.0435. The fourth-order valence-corrected chi connectivity index (χ4v) is 4.14. The Bertz CT molecular complexity index is 1100. The molecule has 1 N–H and O–H groups in total. The van der Waals surface area contributed by atoms with E-state index in [1.807, 2.05) is 41.0 Å². The molecule has 4 nitrogen and oxygen atoms in total. The zero-order valence-corrected chi connectivity index (χ0v) is 16.5. The van der Waals surface area contributed by atoms with Crippen LogP contribution >= 0.6 is 11.6 Å². The molecule has 3 aromatic rings. The smallest absolute Gasteiger partial charge is 0.337 e. The van der Waals surface area contributed by atoms with Crippen LogP contribution in [0.15, 0.2) is 54.6 Å². The summed E-state index contributed by atoms with van der Waals surface area (Å²) in [6.07, 6.45) is 1.23. The van der Waals surface area contributed by atoms with Crippen LogP contribution in [-0.4, -0.2) is 21.4 Å². The van der Waals surface area contributed by atoms with Crippen molar-refractivity contribution in [1.82, 2.24) is 4.57 Å². The van der Waals surface area contributed by atoms with Crippen LogP contribution in [0.25, 0.3) is 16.9 Å². The minimum atomic E-state index is -1.08. The molecule has 4 rings (SSSR count). The van der Waals surface area contributed by atoms with Gasteiger partial charge in [0.05, 0.1) is 16.3 Å². The number of ketones is 1. The third-order valence-electron chi connectivity index (χ3n) is 5.20. The number of carboxylic acids is 1. The maximum Gasteiger partial charge on any atom is 0.337 e. The van der Waals surface area contributed by atoms with Gasteiger partial charge in [-0.2, -0.15) is 0 Å². The molecule has 2 aromatic carbocycles. The molecule has 1 aliphatic rings. The first kappa shape index (κ1) is 18.5. The summed E-state index contributed by atoms with van der Waals surface area (Å²) in [6, 6.07) is 16.7. The highest BCUT2D eigenvalue weighted by molar-refractivity contribution is 6.33. The number of benzene rings is 2. The Hall–Kier alpha value is -2.85. The maximum atomic E-state index is 12.8. The Kier molecular flexibility index (Phi) is 4.39. The number of carbonyl (C=O) groups is 2. The van der Waals surface area contributed by atoms with Gasteiger partial charge in [0.25, 0.3) is 0 Å². The predicted molar refractivity (Wildman–Crippen MR) is 110 cm³/mol. The van der Waals surface area contributed by atoms with E-state index in [1.165, 1.54) is 0 Å². The molecule has 0 unspecified atom stereocenters. The first-order chi connectivity index (χ1) is 13.3. The van der Waals surface area contributed by atoms with Gasteiger partial charge in [-0.15, -0.1) is 0 Å². The quantitative estimate of drug-likeness (QED) is 0.625. The van der Waals surface area contributed by atoms with E-state index in [1.54, 1.807) is 18.2 Å². The first-order valence-corrected chi connectivity index (χ1v) is 9.51. The average molecular weight is 394 g/mol. The topological polar surface area (TPSA) is 59.3 Å². The fraction of sp³-hybridized carbons (Fsp3) is 0.217. The van der Waals surface area contributed by atoms with E-state index < -0.39 is 5.97 Å². The zero-order chi connectivity index (χ0) is 20.1. The highest BCUT2D eigenvalue weighted by Crippen LogP contribution is 2.40. The fourth-order valence-electron chi connectivity index (χ4n) is 3.94. The molecule has 0 saturated heterocycles. The Morgan fingerprint density at radius 1 is 1.07 bits per heavy atom. The number of hydrogen-bond acceptors (Lipinski definition) is 2. The molecule has 1 aliphatic carbocycles. The first-order valence-electron chi connectivity index (χ1n) is 9.13. The van der Waals surface area contributed by atoms with E-state index in [0.717, 1.165) is 23.4 Å². The monoisotopic (exact) mass is 393 g/mol. The molecule has 0 atom stereocenters. The van der Waals surface area contributed by atoms with Crippen molar-refractivity contribution in [2.45, 2.75) is 26.7 Å². The molecule has 28 heavy (non-hydrogen) atoms. The van der Waals surface area contributed by atoms with Crippen molar-refractivity contribution in [1.29, 1.82) is 0 Å². The molecule has 1 heterocycles. The van der Waals surface area contributed by atoms with Gasteiger partial charge in [0, 0.05) is 23.4 Å². The van der Waals surface area contributed by atoms with Gasteiger partial charge in [-0.3, -0.25) is 4.79 Å². The lowest BCUT2D eigenvalue weighted by Crippen LogP contribution is -2.27. The van der Waals surface area contributed by atoms with Gasteiger partial charge in [0.2, 0.25) is 0 Å². The predicted octanol–water partition coefficient (Wildman–Crippen LogP) is 5.65. The third kappa shape index (κ3) is 3.14. The Morgan fingerprint density at radius 2 is 1.79 bits per heavy atom. The molecule has 0 spiro atoms. The second-order valence-electron chi connectivity index (χ2n) is 8.00. The lowest BCUT2D eigenvalue weighted by Gasteiger charge is -2.30. The second-order valence-corrected chi connectivity index (χ2v) is 8.41. The normalized spacial score (nSPS) is 15.3. The molecule has 142 valence electrons. The van der Waals surface area contributed by atoms with E-state index >= 15 is 0 Å². The standard InChI is InChI=1S/C23H20ClNO3/c1-23(2)12-20-17(21(26)13-23)11-19(14-6-4-3-5-7-14)25(20)15-8-9-18(24)16(10-15)22(27)28/h3-11H,12-13H2,1-2H3,(H,27,28). The molecule has 0 fully saturated rings. The summed E-state index contributed by atoms with van der Waals surface area (Å²) >= 11 is 6.08. The second kappa shape index (κ2) is 6.64. The summed E-state index contributed by atoms with van der Waals surface area (Å²) in [5.74, 6) is -0.958. The maximum absolute atomic E-state index is 12.8. The molecule has 0 saturated carbocycles. The van der Waals surface area contributed by atoms with Crippen molar-refractivity contribution in [3.05, 3.63) is 76.4 Å². The van der Waals surface area contributed by atoms with Crippen molar-refractivity contribution in [3.8, 4) is 16.9 Å². The average Bonchev–Trinajstić information content (AvgIpc) is 3.01. The summed E-state index contributed by atoms with van der Waals surface area (Å²) in [5.41, 5.74) is 4.04. The lowest BCUT2D eigenvalue weighted by atomic mass is 9.76. The number of aromatic carboxylic acids is 1. The molecule has 0 aliphatic heterocycles. The number of carboxylic acid groups (broad SMARTS) is 1. The summed E-state index contributed by atoms with van der Waals surface area (Å²) in [6.45, 7) is 4.16. The number of fused-ring (bicyclic) bond motifs is 1. The Morgan fingerprint density at radius 3 is 2.46 bits per heavy atom. The zero-order valence-electron chi connectivity index (χ0n) is 15.7. The third-order valence-corrected chi connectivity index (χ3v) is 5.53. The van der Waals surface area contributed by atoms with Gasteiger partial charge in [-0.25, -0.2) is 4.79 Å². The van der Waals surface area contributed by atoms with Crippen LogP contribution < -0.4 is 0 Å². The molecule has 0 radical (unpaired) electrons. The van der Waals surface area contributed by atoms with Crippen LogP contribution in [0, 0.1) is 5.41 Å². The van der Waals surface area contributed by atoms with Crippen molar-refractivity contribution >= 4 is 23.4 Å². The van der Waals surface area contributed by atoms with Crippen LogP contribution in [-0.2, 0) is 6.42 Å². The van der Waals surface area contributed by atoms with E-state index in [4.69, 9.17) is 11.6 Å². The summed E-state index contributed by atoms with van der Waals surface area (Å²) in [7, 11) is 0. The van der Waals surface area contributed by atoms with Crippen LogP contribution in [0.1, 0.15) is 46.7 Å². The molecular weight excluding hydrogens is 374 g/mol. The van der Waals surface area contributed by atoms with Crippen molar-refractivity contribution in [2.75, 3.05) is 0 Å². The molecule has 0 amide bonds. The summed E-state index contributed by atoms with van der Waals surface area (Å²) in [4.78, 5) is 24.4. The van der Waals surface area contributed by atoms with Gasteiger partial charge >= 0.3 is 5.97 Å². The van der Waals surface area contributed by atoms with Crippen LogP contribution in [0.5, 0.6) is 0 Å². The SMILES string of the molecule is CC1(C)CC(=O)c2cc(-c3ccccc3)n(-c3ccc(Cl)c(C(=O)O)c3)c2C1. The summed E-state index contributed by atoms with van der Waals surface area (Å²) < 4.78 is 2.01. The van der Waals surface area contributed by atoms with E-state index in [2.05, 4.69) is 13.8 Å². The molecule has 1 aromatic heterocycles. The number of Topliss-reactive ketones (excluding diaryl/α,β-unsaturated/α-hetero) is 1. The van der Waals surface area contributed by atoms with Crippen LogP contribution in [0.2, 0.25) is 5.02 Å². The van der Waals surface area contributed by atoms with E-state index in [-0.39, 0.29) is 21.8 Å². The van der Waals surface area contributed by atoms with Crippen LogP contribution in [0.4, 0.5) is 0 Å². The lowest BCUT2D eigenvalue weighted by molar-refractivity contribution is 0.0696. The summed E-state index contributed by atoms with van der Waals surface area (Å²) in [5, 5.41) is 9.68. The number of nitrogens with zero attached hydrogens (tertiary/aromatic N) is 1. The molecule has 5 heteroatoms. The highest BCUT2D eigenvalue weighted by Gasteiger charge is 2.35. The number of halogens is 1. The van der Waals surface area contributed by atoms with Gasteiger partial charge < -0.3 is 9.67 Å². The van der Waals surface area contributed by atoms with Crippen molar-refractivity contribution in [2.24, 2.45) is 5.41 Å². The van der Waals surface area contributed by atoms with E-state index in [0.29, 0.717) is 17.7 Å². The van der Waals surface area contributed by atoms with Crippen LogP contribution in [0.3, 0.4) is 0 Å². The number of hydrogen-bond donors (Lipinski definition) is 1.